The summed E-state index contributed by atoms with van der Waals surface area (Å²) in [4.78, 5) is 0. The zero-order valence-corrected chi connectivity index (χ0v) is 55.2. The Morgan fingerprint density at radius 3 is 1.32 bits per heavy atom. The van der Waals surface area contributed by atoms with E-state index in [1.807, 2.05) is 45.3 Å². The van der Waals surface area contributed by atoms with Crippen LogP contribution in [0, 0.1) is 11.8 Å². The maximum Gasteiger partial charge on any atom is 0.0440 e. The summed E-state index contributed by atoms with van der Waals surface area (Å²) in [6, 6.07) is 99.6. The molecular weight excluding hydrogens is 1230 g/mol. The Labute approximate surface area is 568 Å². The summed E-state index contributed by atoms with van der Waals surface area (Å²) >= 11 is 7.69. The standard InChI is InChI=1S/C92H54S4/c1-3-51-20-17-34-61(56(51)4-2)86-67-26-9-5-22-63(67)82(64-23-6-10-27-68(64)86)54-39-44-73-80(49-54)93-78-47-42-53-48-75(92-90(84(53)88(73)78)72-30-14-16-37-77(72)96-92)59-33-18-32-58-57(59)31-19-35-62(58)87-69-28-11-7-24-65(69)83(66-25-8-12-29-70(66)87)55-40-45-74-81(50-55)94-79-46-41-52-38-43-71-60-21-13-15-36-76(60)95-91(71)85(52)89(74)79/h3-51,56H,1-2H2. The van der Waals surface area contributed by atoms with E-state index in [-0.39, 0.29) is 11.8 Å². The molecule has 0 saturated heterocycles. The lowest BCUT2D eigenvalue weighted by Crippen LogP contribution is -2.13. The highest BCUT2D eigenvalue weighted by Crippen LogP contribution is 2.54. The fourth-order valence-corrected chi connectivity index (χ4v) is 21.9. The van der Waals surface area contributed by atoms with Crippen molar-refractivity contribution >= 4 is 207 Å². The van der Waals surface area contributed by atoms with Gasteiger partial charge >= 0.3 is 0 Å². The van der Waals surface area contributed by atoms with Crippen LogP contribution in [0.3, 0.4) is 0 Å². The van der Waals surface area contributed by atoms with Crippen molar-refractivity contribution < 1.29 is 0 Å². The van der Waals surface area contributed by atoms with Crippen LogP contribution in [0.25, 0.3) is 206 Å². The van der Waals surface area contributed by atoms with Gasteiger partial charge in [0, 0.05) is 109 Å². The zero-order chi connectivity index (χ0) is 63.0. The Kier molecular flexibility index (Phi) is 11.8. The Morgan fingerprint density at radius 1 is 0.271 bits per heavy atom. The Hall–Kier alpha value is -10.8. The molecule has 1 aliphatic rings. The molecule has 0 N–H and O–H groups in total. The molecule has 20 aromatic rings. The summed E-state index contributed by atoms with van der Waals surface area (Å²) in [5, 5.41) is 28.4. The lowest BCUT2D eigenvalue weighted by molar-refractivity contribution is 0.689. The third-order valence-corrected chi connectivity index (χ3v) is 25.8. The first-order valence-corrected chi connectivity index (χ1v) is 36.3. The molecule has 21 rings (SSSR count). The fraction of sp³-hybridized carbons (Fsp3) is 0.0217. The predicted molar refractivity (Wildman–Crippen MR) is 427 cm³/mol. The number of hydrogen-bond donors (Lipinski definition) is 0. The number of rotatable bonds is 7. The van der Waals surface area contributed by atoms with Crippen molar-refractivity contribution in [3.8, 4) is 44.5 Å². The highest BCUT2D eigenvalue weighted by atomic mass is 32.1. The lowest BCUT2D eigenvalue weighted by Gasteiger charge is -2.28. The third-order valence-electron chi connectivity index (χ3n) is 21.1. The van der Waals surface area contributed by atoms with Crippen molar-refractivity contribution in [2.45, 2.75) is 0 Å². The third kappa shape index (κ3) is 7.70. The van der Waals surface area contributed by atoms with E-state index >= 15 is 0 Å². The van der Waals surface area contributed by atoms with Crippen LogP contribution >= 0.6 is 45.3 Å². The van der Waals surface area contributed by atoms with Crippen molar-refractivity contribution in [2.24, 2.45) is 11.8 Å². The largest absolute Gasteiger partial charge is 0.135 e. The smallest absolute Gasteiger partial charge is 0.0440 e. The Bertz CT molecular complexity index is 6840. The summed E-state index contributed by atoms with van der Waals surface area (Å²) in [5.41, 5.74) is 12.6. The van der Waals surface area contributed by atoms with Crippen LogP contribution in [0.15, 0.2) is 304 Å². The second-order valence-corrected chi connectivity index (χ2v) is 30.2. The topological polar surface area (TPSA) is 0 Å². The molecule has 0 spiro atoms. The monoisotopic (exact) mass is 1290 g/mol. The van der Waals surface area contributed by atoms with E-state index in [0.29, 0.717) is 0 Å². The fourth-order valence-electron chi connectivity index (χ4n) is 17.1. The summed E-state index contributed by atoms with van der Waals surface area (Å²) in [6.07, 6.45) is 10.9. The van der Waals surface area contributed by atoms with Crippen LogP contribution in [0.2, 0.25) is 0 Å². The van der Waals surface area contributed by atoms with Crippen LogP contribution in [-0.2, 0) is 0 Å². The number of hydrogen-bond acceptors (Lipinski definition) is 4. The minimum absolute atomic E-state index is 0.125. The summed E-state index contributed by atoms with van der Waals surface area (Å²) in [6.45, 7) is 8.57. The van der Waals surface area contributed by atoms with Gasteiger partial charge in [-0.2, -0.15) is 0 Å². The maximum atomic E-state index is 4.34. The Balaban J connectivity index is 0.727. The van der Waals surface area contributed by atoms with Crippen LogP contribution in [-0.4, -0.2) is 0 Å². The molecule has 4 heterocycles. The maximum absolute atomic E-state index is 4.34. The van der Waals surface area contributed by atoms with E-state index in [1.54, 1.807) is 0 Å². The summed E-state index contributed by atoms with van der Waals surface area (Å²) in [7, 11) is 0. The van der Waals surface area contributed by atoms with Gasteiger partial charge in [-0.15, -0.1) is 58.5 Å². The van der Waals surface area contributed by atoms with Gasteiger partial charge in [0.05, 0.1) is 0 Å². The average Bonchev–Trinajstić information content (AvgIpc) is 1.29. The van der Waals surface area contributed by atoms with E-state index in [2.05, 4.69) is 304 Å². The van der Waals surface area contributed by atoms with Gasteiger partial charge in [0.1, 0.15) is 0 Å². The lowest BCUT2D eigenvalue weighted by atomic mass is 9.76. The van der Waals surface area contributed by atoms with Crippen molar-refractivity contribution in [1.82, 2.24) is 0 Å². The number of thiophene rings is 4. The van der Waals surface area contributed by atoms with E-state index < -0.39 is 0 Å². The first kappa shape index (κ1) is 54.6. The van der Waals surface area contributed by atoms with Gasteiger partial charge in [-0.3, -0.25) is 0 Å². The van der Waals surface area contributed by atoms with Gasteiger partial charge < -0.3 is 0 Å². The van der Waals surface area contributed by atoms with Gasteiger partial charge in [-0.25, -0.2) is 0 Å². The van der Waals surface area contributed by atoms with E-state index in [4.69, 9.17) is 0 Å². The first-order chi connectivity index (χ1) is 47.5. The zero-order valence-electron chi connectivity index (χ0n) is 51.9. The Morgan fingerprint density at radius 2 is 0.729 bits per heavy atom. The molecule has 96 heavy (non-hydrogen) atoms. The van der Waals surface area contributed by atoms with Crippen molar-refractivity contribution in [3.63, 3.8) is 0 Å². The number of fused-ring (bicyclic) bond motifs is 23. The second-order valence-electron chi connectivity index (χ2n) is 25.9. The molecule has 0 bridgehead atoms. The van der Waals surface area contributed by atoms with E-state index in [0.717, 1.165) is 0 Å². The molecule has 4 aromatic heterocycles. The molecule has 0 radical (unpaired) electrons. The van der Waals surface area contributed by atoms with Crippen LogP contribution < -0.4 is 0 Å². The van der Waals surface area contributed by atoms with E-state index in [1.165, 1.54) is 212 Å². The van der Waals surface area contributed by atoms with Gasteiger partial charge in [0.25, 0.3) is 0 Å². The predicted octanol–water partition coefficient (Wildman–Crippen LogP) is 28.5. The average molecular weight is 1290 g/mol. The normalized spacial score (nSPS) is 14.6. The molecule has 2 atom stereocenters. The minimum atomic E-state index is 0.125. The van der Waals surface area contributed by atoms with Crippen LogP contribution in [0.4, 0.5) is 0 Å². The molecule has 4 heteroatoms. The number of benzene rings is 16. The molecule has 0 amide bonds. The molecule has 2 unspecified atom stereocenters. The second kappa shape index (κ2) is 20.8. The quantitative estimate of drug-likeness (QED) is 0.110. The molecule has 1 aliphatic carbocycles. The van der Waals surface area contributed by atoms with Crippen molar-refractivity contribution in [1.29, 1.82) is 0 Å². The minimum Gasteiger partial charge on any atom is -0.135 e. The summed E-state index contributed by atoms with van der Waals surface area (Å²) in [5.74, 6) is 0.307. The molecule has 446 valence electrons. The first-order valence-electron chi connectivity index (χ1n) is 33.0. The van der Waals surface area contributed by atoms with Gasteiger partial charge in [-0.05, 0) is 157 Å². The highest BCUT2D eigenvalue weighted by Gasteiger charge is 2.28. The van der Waals surface area contributed by atoms with Gasteiger partial charge in [0.2, 0.25) is 0 Å². The molecule has 0 fully saturated rings. The number of allylic oxidation sites excluding steroid dienone is 6. The van der Waals surface area contributed by atoms with Crippen LogP contribution in [0.1, 0.15) is 5.56 Å². The van der Waals surface area contributed by atoms with Crippen molar-refractivity contribution in [3.05, 3.63) is 310 Å². The SMILES string of the molecule is C=CC1C=CC=C(c2c3ccccc3c(-c3ccc4c(c3)sc3ccc5cc(-c6cccc7c(-c8c9ccccc9c(-c9ccc%10c(c9)sc9ccc%11ccc%12c%13ccccc%13sc%12c%11c9%10)c9ccccc89)cccc67)c6sc7ccccc7c6c5c34)c3ccccc23)C1C=C. The molecule has 16 aromatic carbocycles. The molecule has 0 aliphatic heterocycles. The molecule has 0 nitrogen and oxygen atoms in total. The molecule has 0 saturated carbocycles. The highest BCUT2D eigenvalue weighted by molar-refractivity contribution is 7.28. The van der Waals surface area contributed by atoms with Gasteiger partial charge in [-0.1, -0.05) is 249 Å². The van der Waals surface area contributed by atoms with Crippen molar-refractivity contribution in [2.75, 3.05) is 0 Å². The van der Waals surface area contributed by atoms with E-state index in [9.17, 15) is 0 Å². The van der Waals surface area contributed by atoms with Crippen LogP contribution in [0.5, 0.6) is 0 Å². The summed E-state index contributed by atoms with van der Waals surface area (Å²) < 4.78 is 10.6. The molecular formula is C92H54S4. The van der Waals surface area contributed by atoms with Gasteiger partial charge in [0.15, 0.2) is 0 Å².